The number of fused-ring (bicyclic) bond motifs is 1. The summed E-state index contributed by atoms with van der Waals surface area (Å²) in [6.45, 7) is 0. The normalized spacial score (nSPS) is 14.0. The van der Waals surface area contributed by atoms with Crippen LogP contribution in [0, 0.1) is 0 Å². The van der Waals surface area contributed by atoms with Crippen LogP contribution >= 0.6 is 11.8 Å². The fourth-order valence-corrected chi connectivity index (χ4v) is 3.53. The van der Waals surface area contributed by atoms with Crippen molar-refractivity contribution in [2.75, 3.05) is 17.3 Å². The Kier molecular flexibility index (Phi) is 5.79. The molecule has 8 heteroatoms. The summed E-state index contributed by atoms with van der Waals surface area (Å²) in [5, 5.41) is 2.69. The summed E-state index contributed by atoms with van der Waals surface area (Å²) in [6, 6.07) is 11.7. The van der Waals surface area contributed by atoms with Crippen LogP contribution in [0.4, 0.5) is 5.69 Å². The maximum absolute atomic E-state index is 12.9. The average Bonchev–Trinajstić information content (AvgIpc) is 2.94. The van der Waals surface area contributed by atoms with Crippen LogP contribution in [0.5, 0.6) is 0 Å². The lowest BCUT2D eigenvalue weighted by Gasteiger charge is -2.25. The maximum Gasteiger partial charge on any atom is 0.262 e. The Bertz CT molecular complexity index is 925. The lowest BCUT2D eigenvalue weighted by atomic mass is 10.1. The molecule has 0 bridgehead atoms. The van der Waals surface area contributed by atoms with Gasteiger partial charge in [0.2, 0.25) is 11.8 Å². The maximum atomic E-state index is 12.9. The number of anilines is 1. The summed E-state index contributed by atoms with van der Waals surface area (Å²) in [4.78, 5) is 50.9. The number of rotatable bonds is 7. The number of carbonyl (C=O) groups excluding carboxylic acids is 4. The van der Waals surface area contributed by atoms with Gasteiger partial charge in [-0.05, 0) is 48.8 Å². The van der Waals surface area contributed by atoms with E-state index in [2.05, 4.69) is 5.32 Å². The van der Waals surface area contributed by atoms with Crippen molar-refractivity contribution in [3.8, 4) is 0 Å². The van der Waals surface area contributed by atoms with E-state index < -0.39 is 29.7 Å². The van der Waals surface area contributed by atoms with E-state index in [1.165, 1.54) is 23.9 Å². The molecule has 1 unspecified atom stereocenters. The van der Waals surface area contributed by atoms with Gasteiger partial charge in [0.1, 0.15) is 6.04 Å². The van der Waals surface area contributed by atoms with Crippen molar-refractivity contribution in [3.05, 3.63) is 65.2 Å². The van der Waals surface area contributed by atoms with Gasteiger partial charge in [-0.25, -0.2) is 0 Å². The van der Waals surface area contributed by atoms with Crippen molar-refractivity contribution in [1.82, 2.24) is 4.90 Å². The summed E-state index contributed by atoms with van der Waals surface area (Å²) in [7, 11) is 0. The van der Waals surface area contributed by atoms with Crippen molar-refractivity contribution in [2.24, 2.45) is 5.73 Å². The molecule has 28 heavy (non-hydrogen) atoms. The van der Waals surface area contributed by atoms with Crippen LogP contribution in [0.15, 0.2) is 48.5 Å². The largest absolute Gasteiger partial charge is 0.366 e. The van der Waals surface area contributed by atoms with Gasteiger partial charge >= 0.3 is 0 Å². The van der Waals surface area contributed by atoms with Crippen LogP contribution in [0.2, 0.25) is 0 Å². The number of nitrogens with one attached hydrogen (secondary N) is 1. The molecule has 3 rings (SSSR count). The van der Waals surface area contributed by atoms with E-state index in [0.29, 0.717) is 29.0 Å². The lowest BCUT2D eigenvalue weighted by molar-refractivity contribution is -0.120. The quantitative estimate of drug-likeness (QED) is 0.696. The highest BCUT2D eigenvalue weighted by Gasteiger charge is 2.42. The van der Waals surface area contributed by atoms with E-state index in [-0.39, 0.29) is 5.56 Å². The Balaban J connectivity index is 1.87. The van der Waals surface area contributed by atoms with E-state index in [9.17, 15) is 19.2 Å². The molecule has 0 saturated heterocycles. The number of carbonyl (C=O) groups is 4. The van der Waals surface area contributed by atoms with Crippen LogP contribution in [0.25, 0.3) is 0 Å². The standard InChI is InChI=1S/C20H19N3O4S/c1-28-10-9-16(18(25)22-13-6-4-5-12(11-13)17(21)24)23-19(26)14-7-2-3-8-15(14)20(23)27/h2-8,11,16H,9-10H2,1H3,(H2,21,24)(H,22,25). The third-order valence-electron chi connectivity index (χ3n) is 4.45. The molecule has 1 aliphatic heterocycles. The van der Waals surface area contributed by atoms with Gasteiger partial charge in [-0.15, -0.1) is 0 Å². The van der Waals surface area contributed by atoms with Gasteiger partial charge in [0.15, 0.2) is 0 Å². The van der Waals surface area contributed by atoms with E-state index in [1.807, 2.05) is 6.26 Å². The van der Waals surface area contributed by atoms with Gasteiger partial charge in [-0.3, -0.25) is 24.1 Å². The van der Waals surface area contributed by atoms with E-state index in [0.717, 1.165) is 4.90 Å². The van der Waals surface area contributed by atoms with Crippen LogP contribution in [0.1, 0.15) is 37.5 Å². The molecular weight excluding hydrogens is 378 g/mol. The number of nitrogens with zero attached hydrogens (tertiary/aromatic N) is 1. The second kappa shape index (κ2) is 8.26. The Hall–Kier alpha value is -3.13. The summed E-state index contributed by atoms with van der Waals surface area (Å²) in [5.41, 5.74) is 6.48. The molecule has 0 aliphatic carbocycles. The third-order valence-corrected chi connectivity index (χ3v) is 5.09. The molecule has 0 saturated carbocycles. The smallest absolute Gasteiger partial charge is 0.262 e. The van der Waals surface area contributed by atoms with Crippen LogP contribution in [-0.4, -0.2) is 46.6 Å². The van der Waals surface area contributed by atoms with E-state index in [1.54, 1.807) is 36.4 Å². The highest BCUT2D eigenvalue weighted by atomic mass is 32.2. The summed E-state index contributed by atoms with van der Waals surface area (Å²) < 4.78 is 0. The molecule has 4 amide bonds. The van der Waals surface area contributed by atoms with Crippen molar-refractivity contribution in [2.45, 2.75) is 12.5 Å². The fourth-order valence-electron chi connectivity index (χ4n) is 3.07. The van der Waals surface area contributed by atoms with Crippen molar-refractivity contribution >= 4 is 41.1 Å². The Labute approximate surface area is 166 Å². The summed E-state index contributed by atoms with van der Waals surface area (Å²) >= 11 is 1.51. The van der Waals surface area contributed by atoms with E-state index >= 15 is 0 Å². The first-order valence-corrected chi connectivity index (χ1v) is 10.00. The minimum absolute atomic E-state index is 0.249. The highest BCUT2D eigenvalue weighted by molar-refractivity contribution is 7.98. The zero-order chi connectivity index (χ0) is 20.3. The number of imide groups is 1. The molecule has 1 atom stereocenters. The van der Waals surface area contributed by atoms with Crippen molar-refractivity contribution < 1.29 is 19.2 Å². The minimum Gasteiger partial charge on any atom is -0.366 e. The number of thioether (sulfide) groups is 1. The van der Waals surface area contributed by atoms with Gasteiger partial charge in [-0.2, -0.15) is 11.8 Å². The van der Waals surface area contributed by atoms with Crippen molar-refractivity contribution in [1.29, 1.82) is 0 Å². The Morgan fingerprint density at radius 1 is 1.07 bits per heavy atom. The predicted molar refractivity (Wildman–Crippen MR) is 107 cm³/mol. The highest BCUT2D eigenvalue weighted by Crippen LogP contribution is 2.27. The Morgan fingerprint density at radius 3 is 2.29 bits per heavy atom. The number of hydrogen-bond donors (Lipinski definition) is 2. The molecule has 2 aromatic carbocycles. The number of amides is 4. The number of hydrogen-bond acceptors (Lipinski definition) is 5. The zero-order valence-corrected chi connectivity index (χ0v) is 16.0. The lowest BCUT2D eigenvalue weighted by Crippen LogP contribution is -2.47. The average molecular weight is 397 g/mol. The molecule has 144 valence electrons. The molecule has 0 fully saturated rings. The number of nitrogens with two attached hydrogens (primary N) is 1. The molecule has 1 heterocycles. The third kappa shape index (κ3) is 3.77. The molecule has 1 aliphatic rings. The summed E-state index contributed by atoms with van der Waals surface area (Å²) in [6.07, 6.45) is 2.20. The topological polar surface area (TPSA) is 110 Å². The first-order valence-electron chi connectivity index (χ1n) is 8.60. The zero-order valence-electron chi connectivity index (χ0n) is 15.2. The first kappa shape index (κ1) is 19.6. The molecule has 0 spiro atoms. The fraction of sp³-hybridized carbons (Fsp3) is 0.200. The van der Waals surface area contributed by atoms with Gasteiger partial charge < -0.3 is 11.1 Å². The SMILES string of the molecule is CSCCC(C(=O)Nc1cccc(C(N)=O)c1)N1C(=O)c2ccccc2C1=O. The molecule has 0 radical (unpaired) electrons. The number of primary amides is 1. The first-order chi connectivity index (χ1) is 13.4. The minimum atomic E-state index is -0.961. The van der Waals surface area contributed by atoms with Gasteiger partial charge in [0.05, 0.1) is 11.1 Å². The second-order valence-corrected chi connectivity index (χ2v) is 7.24. The molecule has 2 aromatic rings. The Morgan fingerprint density at radius 2 is 1.71 bits per heavy atom. The molecule has 7 nitrogen and oxygen atoms in total. The molecular formula is C20H19N3O4S. The molecule has 0 aromatic heterocycles. The number of benzene rings is 2. The van der Waals surface area contributed by atoms with Gasteiger partial charge in [0, 0.05) is 11.3 Å². The predicted octanol–water partition coefficient (Wildman–Crippen LogP) is 2.14. The molecule has 3 N–H and O–H groups in total. The monoisotopic (exact) mass is 397 g/mol. The van der Waals surface area contributed by atoms with Gasteiger partial charge in [-0.1, -0.05) is 18.2 Å². The van der Waals surface area contributed by atoms with E-state index in [4.69, 9.17) is 5.73 Å². The summed E-state index contributed by atoms with van der Waals surface area (Å²) in [5.74, 6) is -1.48. The van der Waals surface area contributed by atoms with Gasteiger partial charge in [0.25, 0.3) is 11.8 Å². The second-order valence-electron chi connectivity index (χ2n) is 6.26. The van der Waals surface area contributed by atoms with Crippen LogP contribution in [0.3, 0.4) is 0 Å². The van der Waals surface area contributed by atoms with Crippen LogP contribution in [-0.2, 0) is 4.79 Å². The van der Waals surface area contributed by atoms with Crippen LogP contribution < -0.4 is 11.1 Å². The van der Waals surface area contributed by atoms with Crippen molar-refractivity contribution in [3.63, 3.8) is 0 Å².